The van der Waals surface area contributed by atoms with Crippen molar-refractivity contribution in [3.8, 4) is 0 Å². The van der Waals surface area contributed by atoms with Crippen molar-refractivity contribution in [3.63, 3.8) is 0 Å². The van der Waals surface area contributed by atoms with Crippen molar-refractivity contribution in [1.29, 1.82) is 0 Å². The maximum atomic E-state index is 12.5. The van der Waals surface area contributed by atoms with Crippen LogP contribution in [0.5, 0.6) is 0 Å². The number of nitrogens with one attached hydrogen (secondary N) is 1. The maximum absolute atomic E-state index is 12.5. The van der Waals surface area contributed by atoms with Crippen LogP contribution in [0.15, 0.2) is 58.1 Å². The first-order valence-corrected chi connectivity index (χ1v) is 9.25. The summed E-state index contributed by atoms with van der Waals surface area (Å²) in [6.45, 7) is 5.40. The van der Waals surface area contributed by atoms with Crippen LogP contribution in [0.2, 0.25) is 10.0 Å². The molecule has 0 heterocycles. The van der Waals surface area contributed by atoms with Gasteiger partial charge < -0.3 is 10.4 Å². The Morgan fingerprint density at radius 3 is 2.52 bits per heavy atom. The number of allylic oxidation sites excluding steroid dienone is 1. The summed E-state index contributed by atoms with van der Waals surface area (Å²) in [5, 5.41) is 21.2. The molecule has 5 nitrogen and oxygen atoms in total. The molecule has 0 spiro atoms. The molecule has 0 fully saturated rings. The fourth-order valence-electron chi connectivity index (χ4n) is 2.44. The minimum Gasteiger partial charge on any atom is -0.510 e. The lowest BCUT2D eigenvalue weighted by Crippen LogP contribution is -2.15. The fraction of sp³-hybridized carbons (Fsp3) is 0.250. The molecule has 0 saturated carbocycles. The molecule has 0 aliphatic carbocycles. The Hall–Kier alpha value is -2.37. The van der Waals surface area contributed by atoms with Gasteiger partial charge in [-0.25, -0.2) is 0 Å². The van der Waals surface area contributed by atoms with E-state index >= 15 is 0 Å². The minimum absolute atomic E-state index is 0.196. The number of halogens is 2. The summed E-state index contributed by atoms with van der Waals surface area (Å²) in [5.41, 5.74) is 2.94. The van der Waals surface area contributed by atoms with Crippen LogP contribution in [0.3, 0.4) is 0 Å². The molecule has 2 aromatic rings. The number of carbonyl (C=O) groups excluding carboxylic acids is 1. The van der Waals surface area contributed by atoms with Crippen LogP contribution in [0.1, 0.15) is 31.4 Å². The maximum Gasteiger partial charge on any atom is 0.279 e. The van der Waals surface area contributed by atoms with Crippen molar-refractivity contribution in [3.05, 3.63) is 69.0 Å². The standard InChI is InChI=1S/C20H21Cl2N3O2/c1-4-5-14-6-8-17(12(2)10-14)23-20(27)19(13(3)26)25-24-18-9-7-15(21)11-16(18)22/h6-11,26H,4-5H2,1-3H3,(H,23,27)/b19-13+,25-24?. The van der Waals surface area contributed by atoms with Crippen LogP contribution in [0.4, 0.5) is 11.4 Å². The van der Waals surface area contributed by atoms with E-state index in [1.54, 1.807) is 12.1 Å². The SMILES string of the molecule is CCCc1ccc(NC(=O)/C(N=Nc2ccc(Cl)cc2Cl)=C(/C)O)c(C)c1. The van der Waals surface area contributed by atoms with Gasteiger partial charge in [0.1, 0.15) is 11.4 Å². The molecule has 0 aromatic heterocycles. The van der Waals surface area contributed by atoms with E-state index < -0.39 is 5.91 Å². The first-order valence-electron chi connectivity index (χ1n) is 8.49. The summed E-state index contributed by atoms with van der Waals surface area (Å²) in [5.74, 6) is -0.809. The van der Waals surface area contributed by atoms with Crippen molar-refractivity contribution in [2.75, 3.05) is 5.32 Å². The van der Waals surface area contributed by atoms with Gasteiger partial charge in [0.15, 0.2) is 5.70 Å². The molecule has 0 bridgehead atoms. The highest BCUT2D eigenvalue weighted by molar-refractivity contribution is 6.36. The minimum atomic E-state index is -0.560. The predicted molar refractivity (Wildman–Crippen MR) is 110 cm³/mol. The predicted octanol–water partition coefficient (Wildman–Crippen LogP) is 6.77. The van der Waals surface area contributed by atoms with Crippen LogP contribution in [0, 0.1) is 6.92 Å². The summed E-state index contributed by atoms with van der Waals surface area (Å²) in [6, 6.07) is 10.6. The molecule has 1 amide bonds. The van der Waals surface area contributed by atoms with Gasteiger partial charge in [-0.15, -0.1) is 10.2 Å². The van der Waals surface area contributed by atoms with Crippen LogP contribution >= 0.6 is 23.2 Å². The molecular weight excluding hydrogens is 385 g/mol. The zero-order chi connectivity index (χ0) is 20.0. The van der Waals surface area contributed by atoms with E-state index in [-0.39, 0.29) is 11.5 Å². The number of anilines is 1. The van der Waals surface area contributed by atoms with Crippen LogP contribution < -0.4 is 5.32 Å². The number of benzene rings is 2. The zero-order valence-corrected chi connectivity index (χ0v) is 16.9. The summed E-state index contributed by atoms with van der Waals surface area (Å²) in [4.78, 5) is 12.5. The quantitative estimate of drug-likeness (QED) is 0.316. The number of rotatable bonds is 6. The van der Waals surface area contributed by atoms with Crippen LogP contribution in [-0.4, -0.2) is 11.0 Å². The van der Waals surface area contributed by atoms with Crippen LogP contribution in [-0.2, 0) is 11.2 Å². The second-order valence-corrected chi connectivity index (χ2v) is 6.93. The molecule has 0 atom stereocenters. The van der Waals surface area contributed by atoms with Crippen molar-refractivity contribution in [2.45, 2.75) is 33.6 Å². The lowest BCUT2D eigenvalue weighted by atomic mass is 10.1. The largest absolute Gasteiger partial charge is 0.510 e. The molecule has 2 N–H and O–H groups in total. The van der Waals surface area contributed by atoms with Crippen molar-refractivity contribution < 1.29 is 9.90 Å². The average molecular weight is 406 g/mol. The number of hydrogen-bond acceptors (Lipinski definition) is 4. The Kier molecular flexibility index (Phi) is 7.39. The molecule has 142 valence electrons. The van der Waals surface area contributed by atoms with E-state index in [1.165, 1.54) is 18.6 Å². The number of aliphatic hydroxyl groups is 1. The molecule has 27 heavy (non-hydrogen) atoms. The van der Waals surface area contributed by atoms with Crippen molar-refractivity contribution >= 4 is 40.5 Å². The summed E-state index contributed by atoms with van der Waals surface area (Å²) >= 11 is 11.9. The molecule has 7 heteroatoms. The zero-order valence-electron chi connectivity index (χ0n) is 15.4. The van der Waals surface area contributed by atoms with E-state index in [1.807, 2.05) is 25.1 Å². The molecule has 2 aromatic carbocycles. The Morgan fingerprint density at radius 1 is 1.19 bits per heavy atom. The lowest BCUT2D eigenvalue weighted by molar-refractivity contribution is -0.113. The van der Waals surface area contributed by atoms with E-state index in [9.17, 15) is 9.90 Å². The normalized spacial score (nSPS) is 12.2. The Morgan fingerprint density at radius 2 is 1.93 bits per heavy atom. The van der Waals surface area contributed by atoms with Gasteiger partial charge in [-0.3, -0.25) is 4.79 Å². The van der Waals surface area contributed by atoms with Gasteiger partial charge in [0, 0.05) is 10.7 Å². The monoisotopic (exact) mass is 405 g/mol. The number of hydrogen-bond donors (Lipinski definition) is 2. The molecule has 0 saturated heterocycles. The number of aryl methyl sites for hydroxylation is 2. The topological polar surface area (TPSA) is 74.0 Å². The first kappa shape index (κ1) is 20.9. The van der Waals surface area contributed by atoms with Gasteiger partial charge in [0.05, 0.1) is 5.02 Å². The van der Waals surface area contributed by atoms with Crippen molar-refractivity contribution in [2.24, 2.45) is 10.2 Å². The van der Waals surface area contributed by atoms with E-state index in [0.717, 1.165) is 18.4 Å². The molecule has 0 aliphatic rings. The lowest BCUT2D eigenvalue weighted by Gasteiger charge is -2.10. The highest BCUT2D eigenvalue weighted by atomic mass is 35.5. The highest BCUT2D eigenvalue weighted by Crippen LogP contribution is 2.29. The summed E-state index contributed by atoms with van der Waals surface area (Å²) in [7, 11) is 0. The molecular formula is C20H21Cl2N3O2. The second kappa shape index (κ2) is 9.53. The van der Waals surface area contributed by atoms with Gasteiger partial charge in [-0.1, -0.05) is 48.7 Å². The Labute approximate surface area is 168 Å². The van der Waals surface area contributed by atoms with Gasteiger partial charge in [0.2, 0.25) is 0 Å². The third-order valence-electron chi connectivity index (χ3n) is 3.80. The Balaban J connectivity index is 2.21. The number of nitrogens with zero attached hydrogens (tertiary/aromatic N) is 2. The van der Waals surface area contributed by atoms with Gasteiger partial charge in [-0.2, -0.15) is 0 Å². The van der Waals surface area contributed by atoms with Gasteiger partial charge in [0.25, 0.3) is 5.91 Å². The summed E-state index contributed by atoms with van der Waals surface area (Å²) < 4.78 is 0. The fourth-order valence-corrected chi connectivity index (χ4v) is 2.89. The average Bonchev–Trinajstić information content (AvgIpc) is 2.59. The molecule has 2 rings (SSSR count). The van der Waals surface area contributed by atoms with E-state index in [0.29, 0.717) is 21.4 Å². The number of carbonyl (C=O) groups is 1. The highest BCUT2D eigenvalue weighted by Gasteiger charge is 2.15. The molecule has 0 unspecified atom stereocenters. The smallest absolute Gasteiger partial charge is 0.279 e. The third-order valence-corrected chi connectivity index (χ3v) is 4.34. The number of azo groups is 1. The second-order valence-electron chi connectivity index (χ2n) is 6.08. The first-order chi connectivity index (χ1) is 12.8. The number of aliphatic hydroxyl groups excluding tert-OH is 1. The van der Waals surface area contributed by atoms with Crippen LogP contribution in [0.25, 0.3) is 0 Å². The van der Waals surface area contributed by atoms with E-state index in [2.05, 4.69) is 22.5 Å². The Bertz CT molecular complexity index is 904. The van der Waals surface area contributed by atoms with E-state index in [4.69, 9.17) is 23.2 Å². The molecule has 0 radical (unpaired) electrons. The number of amides is 1. The van der Waals surface area contributed by atoms with Gasteiger partial charge >= 0.3 is 0 Å². The summed E-state index contributed by atoms with van der Waals surface area (Å²) in [6.07, 6.45) is 2.03. The van der Waals surface area contributed by atoms with Gasteiger partial charge in [-0.05, 0) is 55.7 Å². The van der Waals surface area contributed by atoms with Crippen molar-refractivity contribution in [1.82, 2.24) is 0 Å². The third kappa shape index (κ3) is 5.81. The molecule has 0 aliphatic heterocycles.